The van der Waals surface area contributed by atoms with Crippen LogP contribution in [0.4, 0.5) is 0 Å². The fourth-order valence-corrected chi connectivity index (χ4v) is 3.43. The summed E-state index contributed by atoms with van der Waals surface area (Å²) >= 11 is 0. The number of nitrogens with zero attached hydrogens (tertiary/aromatic N) is 1. The monoisotopic (exact) mass is 260 g/mol. The number of likely N-dealkylation sites (tertiary alicyclic amines) is 1. The Morgan fingerprint density at radius 3 is 2.58 bits per heavy atom. The lowest BCUT2D eigenvalue weighted by molar-refractivity contribution is -0.0405. The largest absolute Gasteiger partial charge is 0.372 e. The molecule has 0 radical (unpaired) electrons. The number of aryl methyl sites for hydroxylation is 1. The predicted molar refractivity (Wildman–Crippen MR) is 77.3 cm³/mol. The Bertz CT molecular complexity index is 423. The summed E-state index contributed by atoms with van der Waals surface area (Å²) in [6.07, 6.45) is 3.45. The number of hydrogen-bond acceptors (Lipinski definition) is 3. The molecule has 0 amide bonds. The van der Waals surface area contributed by atoms with Crippen molar-refractivity contribution in [3.8, 4) is 0 Å². The third kappa shape index (κ3) is 2.83. The van der Waals surface area contributed by atoms with E-state index in [0.29, 0.717) is 18.2 Å². The highest BCUT2D eigenvalue weighted by molar-refractivity contribution is 5.29. The van der Waals surface area contributed by atoms with Gasteiger partial charge in [-0.1, -0.05) is 24.3 Å². The van der Waals surface area contributed by atoms with Crippen LogP contribution in [0.25, 0.3) is 0 Å². The summed E-state index contributed by atoms with van der Waals surface area (Å²) in [5.41, 5.74) is 2.79. The van der Waals surface area contributed by atoms with Crippen LogP contribution in [0.1, 0.15) is 30.0 Å². The van der Waals surface area contributed by atoms with Crippen LogP contribution in [0.2, 0.25) is 0 Å². The van der Waals surface area contributed by atoms with Crippen LogP contribution in [0.5, 0.6) is 0 Å². The molecule has 0 saturated carbocycles. The van der Waals surface area contributed by atoms with Crippen molar-refractivity contribution in [1.29, 1.82) is 0 Å². The summed E-state index contributed by atoms with van der Waals surface area (Å²) in [5, 5.41) is 3.47. The number of fused-ring (bicyclic) bond motifs is 2. The second-order valence-electron chi connectivity index (χ2n) is 5.87. The fraction of sp³-hybridized carbons (Fsp3) is 0.625. The van der Waals surface area contributed by atoms with Gasteiger partial charge in [-0.3, -0.25) is 4.90 Å². The zero-order chi connectivity index (χ0) is 13.2. The summed E-state index contributed by atoms with van der Waals surface area (Å²) in [6.45, 7) is 5.47. The molecule has 2 saturated heterocycles. The maximum atomic E-state index is 5.91. The number of benzene rings is 1. The number of hydrogen-bond donors (Lipinski definition) is 1. The molecule has 3 atom stereocenters. The zero-order valence-electron chi connectivity index (χ0n) is 11.9. The van der Waals surface area contributed by atoms with Gasteiger partial charge in [0, 0.05) is 25.7 Å². The van der Waals surface area contributed by atoms with E-state index in [-0.39, 0.29) is 0 Å². The molecule has 104 valence electrons. The van der Waals surface area contributed by atoms with Crippen molar-refractivity contribution in [2.24, 2.45) is 0 Å². The lowest BCUT2D eigenvalue weighted by atomic mass is 10.0. The summed E-state index contributed by atoms with van der Waals surface area (Å²) < 4.78 is 5.91. The topological polar surface area (TPSA) is 24.5 Å². The molecular formula is C16H24N2O. The van der Waals surface area contributed by atoms with E-state index < -0.39 is 0 Å². The van der Waals surface area contributed by atoms with Crippen molar-refractivity contribution in [1.82, 2.24) is 10.2 Å². The Kier molecular flexibility index (Phi) is 3.87. The first-order valence-electron chi connectivity index (χ1n) is 7.37. The van der Waals surface area contributed by atoms with Gasteiger partial charge in [0.05, 0.1) is 12.2 Å². The van der Waals surface area contributed by atoms with Crippen LogP contribution < -0.4 is 5.32 Å². The third-order valence-corrected chi connectivity index (χ3v) is 4.47. The zero-order valence-corrected chi connectivity index (χ0v) is 11.9. The second-order valence-corrected chi connectivity index (χ2v) is 5.87. The SMILES string of the molecule is CNC(CN1CC2CCC(C1)O2)c1ccccc1C. The van der Waals surface area contributed by atoms with Crippen LogP contribution in [0.15, 0.2) is 24.3 Å². The smallest absolute Gasteiger partial charge is 0.0707 e. The van der Waals surface area contributed by atoms with Gasteiger partial charge < -0.3 is 10.1 Å². The molecule has 3 rings (SSSR count). The van der Waals surface area contributed by atoms with E-state index in [0.717, 1.165) is 19.6 Å². The number of likely N-dealkylation sites (N-methyl/N-ethyl adjacent to an activating group) is 1. The van der Waals surface area contributed by atoms with Gasteiger partial charge in [0.15, 0.2) is 0 Å². The summed E-state index contributed by atoms with van der Waals surface area (Å²) in [6, 6.07) is 9.10. The first-order valence-corrected chi connectivity index (χ1v) is 7.37. The molecule has 0 spiro atoms. The molecule has 1 N–H and O–H groups in total. The molecule has 2 heterocycles. The number of rotatable bonds is 4. The van der Waals surface area contributed by atoms with Crippen molar-refractivity contribution in [2.75, 3.05) is 26.7 Å². The molecule has 2 bridgehead atoms. The van der Waals surface area contributed by atoms with Crippen LogP contribution in [-0.2, 0) is 4.74 Å². The van der Waals surface area contributed by atoms with Crippen molar-refractivity contribution in [3.05, 3.63) is 35.4 Å². The van der Waals surface area contributed by atoms with Crippen molar-refractivity contribution >= 4 is 0 Å². The highest BCUT2D eigenvalue weighted by Crippen LogP contribution is 2.28. The third-order valence-electron chi connectivity index (χ3n) is 4.47. The van der Waals surface area contributed by atoms with Gasteiger partial charge in [0.1, 0.15) is 0 Å². The molecule has 2 aliphatic heterocycles. The summed E-state index contributed by atoms with van der Waals surface area (Å²) in [7, 11) is 2.06. The number of ether oxygens (including phenoxy) is 1. The number of nitrogens with one attached hydrogen (secondary N) is 1. The highest BCUT2D eigenvalue weighted by Gasteiger charge is 2.34. The fourth-order valence-electron chi connectivity index (χ4n) is 3.43. The summed E-state index contributed by atoms with van der Waals surface area (Å²) in [5.74, 6) is 0. The van der Waals surface area contributed by atoms with Crippen LogP contribution in [-0.4, -0.2) is 43.8 Å². The normalized spacial score (nSPS) is 28.5. The summed E-state index contributed by atoms with van der Waals surface area (Å²) in [4.78, 5) is 2.57. The van der Waals surface area contributed by atoms with E-state index in [1.165, 1.54) is 24.0 Å². The minimum absolute atomic E-state index is 0.415. The average molecular weight is 260 g/mol. The van der Waals surface area contributed by atoms with Crippen LogP contribution in [0.3, 0.4) is 0 Å². The number of morpholine rings is 1. The second kappa shape index (κ2) is 5.61. The predicted octanol–water partition coefficient (Wildman–Crippen LogP) is 2.12. The van der Waals surface area contributed by atoms with Gasteiger partial charge in [-0.05, 0) is 37.9 Å². The molecule has 2 fully saturated rings. The molecule has 2 aliphatic rings. The minimum Gasteiger partial charge on any atom is -0.372 e. The van der Waals surface area contributed by atoms with Gasteiger partial charge in [0.25, 0.3) is 0 Å². The highest BCUT2D eigenvalue weighted by atomic mass is 16.5. The first-order chi connectivity index (χ1) is 9.26. The average Bonchev–Trinajstić information content (AvgIpc) is 2.76. The molecule has 3 nitrogen and oxygen atoms in total. The van der Waals surface area contributed by atoms with Crippen LogP contribution in [0, 0.1) is 6.92 Å². The Morgan fingerprint density at radius 2 is 1.95 bits per heavy atom. The standard InChI is InChI=1S/C16H24N2O/c1-12-5-3-4-6-15(12)16(17-2)11-18-9-13-7-8-14(10-18)19-13/h3-6,13-14,16-17H,7-11H2,1-2H3. The Hall–Kier alpha value is -0.900. The van der Waals surface area contributed by atoms with Crippen molar-refractivity contribution in [3.63, 3.8) is 0 Å². The molecule has 1 aromatic rings. The van der Waals surface area contributed by atoms with E-state index in [4.69, 9.17) is 4.74 Å². The van der Waals surface area contributed by atoms with Gasteiger partial charge in [-0.15, -0.1) is 0 Å². The van der Waals surface area contributed by atoms with E-state index in [1.807, 2.05) is 0 Å². The van der Waals surface area contributed by atoms with Crippen molar-refractivity contribution in [2.45, 2.75) is 38.0 Å². The lowest BCUT2D eigenvalue weighted by Gasteiger charge is -2.34. The quantitative estimate of drug-likeness (QED) is 0.897. The van der Waals surface area contributed by atoms with E-state index in [1.54, 1.807) is 0 Å². The van der Waals surface area contributed by atoms with Gasteiger partial charge >= 0.3 is 0 Å². The van der Waals surface area contributed by atoms with Gasteiger partial charge in [-0.2, -0.15) is 0 Å². The lowest BCUT2D eigenvalue weighted by Crippen LogP contribution is -2.45. The molecule has 3 heteroatoms. The molecule has 0 aliphatic carbocycles. The van der Waals surface area contributed by atoms with Gasteiger partial charge in [0.2, 0.25) is 0 Å². The maximum Gasteiger partial charge on any atom is 0.0707 e. The molecule has 19 heavy (non-hydrogen) atoms. The van der Waals surface area contributed by atoms with Crippen molar-refractivity contribution < 1.29 is 4.74 Å². The van der Waals surface area contributed by atoms with Crippen LogP contribution >= 0.6 is 0 Å². The van der Waals surface area contributed by atoms with E-state index in [2.05, 4.69) is 48.5 Å². The molecule has 3 unspecified atom stereocenters. The maximum absolute atomic E-state index is 5.91. The minimum atomic E-state index is 0.415. The first kappa shape index (κ1) is 13.1. The van der Waals surface area contributed by atoms with Gasteiger partial charge in [-0.25, -0.2) is 0 Å². The van der Waals surface area contributed by atoms with E-state index in [9.17, 15) is 0 Å². The molecule has 0 aromatic heterocycles. The molecular weight excluding hydrogens is 236 g/mol. The Balaban J connectivity index is 1.68. The molecule has 1 aromatic carbocycles. The Morgan fingerprint density at radius 1 is 1.26 bits per heavy atom. The Labute approximate surface area is 115 Å². The van der Waals surface area contributed by atoms with E-state index >= 15 is 0 Å².